The molecule has 0 fully saturated rings. The van der Waals surface area contributed by atoms with E-state index in [1.807, 2.05) is 54.1 Å². The molecule has 4 aromatic rings. The van der Waals surface area contributed by atoms with Crippen LogP contribution in [0, 0.1) is 13.8 Å². The first-order valence-corrected chi connectivity index (χ1v) is 10.3. The Hall–Kier alpha value is -3.30. The van der Waals surface area contributed by atoms with Crippen molar-refractivity contribution in [1.29, 1.82) is 0 Å². The maximum atomic E-state index is 12.9. The Balaban J connectivity index is 1.85. The van der Waals surface area contributed by atoms with Crippen molar-refractivity contribution in [3.05, 3.63) is 77.5 Å². The average molecular weight is 458 g/mol. The van der Waals surface area contributed by atoms with Gasteiger partial charge in [0.1, 0.15) is 12.0 Å². The number of hydrogen-bond acceptors (Lipinski definition) is 4. The molecule has 5 nitrogen and oxygen atoms in total. The molecule has 0 bridgehead atoms. The molecule has 0 saturated heterocycles. The lowest BCUT2D eigenvalue weighted by atomic mass is 9.98. The lowest BCUT2D eigenvalue weighted by Crippen LogP contribution is -2.29. The molecule has 1 heterocycles. The van der Waals surface area contributed by atoms with Gasteiger partial charge in [-0.15, -0.1) is 5.06 Å². The zero-order chi connectivity index (χ0) is 23.0. The van der Waals surface area contributed by atoms with Crippen LogP contribution in [-0.2, 0) is 9.08 Å². The number of aryl methyl sites for hydroxylation is 2. The highest BCUT2D eigenvalue weighted by atomic mass is 32.2. The van der Waals surface area contributed by atoms with E-state index in [9.17, 15) is 22.8 Å². The third-order valence-corrected chi connectivity index (χ3v) is 5.49. The molecule has 1 aromatic heterocycles. The highest BCUT2D eigenvalue weighted by Gasteiger charge is 2.33. The van der Waals surface area contributed by atoms with E-state index in [2.05, 4.69) is 10.4 Å². The molecule has 4 rings (SSSR count). The number of carbonyl (C=O) groups is 2. The molecule has 0 N–H and O–H groups in total. The lowest BCUT2D eigenvalue weighted by molar-refractivity contribution is -0.133. The van der Waals surface area contributed by atoms with Gasteiger partial charge in [-0.2, -0.15) is 17.5 Å². The number of hydroxylamine groups is 2. The van der Waals surface area contributed by atoms with E-state index in [1.54, 1.807) is 13.0 Å². The van der Waals surface area contributed by atoms with Crippen LogP contribution >= 0.6 is 12.0 Å². The Morgan fingerprint density at radius 1 is 1.09 bits per heavy atom. The van der Waals surface area contributed by atoms with Gasteiger partial charge in [0.2, 0.25) is 6.41 Å². The molecular formula is C23H17F3N2O3S. The van der Waals surface area contributed by atoms with Gasteiger partial charge in [-0.1, -0.05) is 29.8 Å². The summed E-state index contributed by atoms with van der Waals surface area (Å²) in [6, 6.07) is 16.7. The van der Waals surface area contributed by atoms with Gasteiger partial charge in [-0.05, 0) is 55.1 Å². The monoisotopic (exact) mass is 458 g/mol. The number of aromatic nitrogens is 1. The third kappa shape index (κ3) is 4.09. The number of nitrogens with zero attached hydrogens (tertiary/aromatic N) is 2. The predicted molar refractivity (Wildman–Crippen MR) is 117 cm³/mol. The molecule has 0 aliphatic heterocycles. The molecule has 0 aliphatic rings. The largest absolute Gasteiger partial charge is 0.470 e. The predicted octanol–water partition coefficient (Wildman–Crippen LogP) is 6.10. The number of benzene rings is 3. The number of hydrogen-bond donors (Lipinski definition) is 0. The second kappa shape index (κ2) is 8.33. The minimum atomic E-state index is -4.77. The Morgan fingerprint density at radius 3 is 2.59 bits per heavy atom. The van der Waals surface area contributed by atoms with Crippen LogP contribution in [0.25, 0.3) is 27.4 Å². The smallest absolute Gasteiger partial charge is 0.316 e. The molecule has 0 unspecified atom stereocenters. The summed E-state index contributed by atoms with van der Waals surface area (Å²) in [6.45, 7) is 3.80. The summed E-state index contributed by atoms with van der Waals surface area (Å²) >= 11 is -0.928. The summed E-state index contributed by atoms with van der Waals surface area (Å²) in [6.07, 6.45) is 1.84. The minimum Gasteiger partial charge on any atom is -0.316 e. The first-order chi connectivity index (χ1) is 15.2. The molecule has 32 heavy (non-hydrogen) atoms. The van der Waals surface area contributed by atoms with E-state index in [0.29, 0.717) is 10.8 Å². The van der Waals surface area contributed by atoms with Gasteiger partial charge in [0.05, 0.1) is 16.8 Å². The Kier molecular flexibility index (Phi) is 5.70. The van der Waals surface area contributed by atoms with Crippen LogP contribution in [0.4, 0.5) is 13.2 Å². The van der Waals surface area contributed by atoms with E-state index < -0.39 is 23.5 Å². The Morgan fingerprint density at radius 2 is 1.88 bits per heavy atom. The second-order valence-electron chi connectivity index (χ2n) is 7.22. The van der Waals surface area contributed by atoms with Crippen LogP contribution in [0.3, 0.4) is 0 Å². The number of halogens is 3. The highest BCUT2D eigenvalue weighted by molar-refractivity contribution is 7.95. The number of rotatable bonds is 5. The molecule has 3 aromatic carbocycles. The van der Waals surface area contributed by atoms with Gasteiger partial charge < -0.3 is 4.57 Å². The van der Waals surface area contributed by atoms with Crippen molar-refractivity contribution in [2.24, 2.45) is 0 Å². The van der Waals surface area contributed by atoms with Crippen LogP contribution in [0.2, 0.25) is 0 Å². The lowest BCUT2D eigenvalue weighted by Gasteiger charge is -2.18. The molecule has 0 atom stereocenters. The first kappa shape index (κ1) is 21.9. The topological polar surface area (TPSA) is 51.5 Å². The van der Waals surface area contributed by atoms with Gasteiger partial charge in [0.25, 0.3) is 5.91 Å². The van der Waals surface area contributed by atoms with E-state index in [-0.39, 0.29) is 17.0 Å². The molecule has 2 amide bonds. The standard InChI is InChI=1S/C23H17F3N2O3S/c1-14-6-8-19-16(12-14)10-11-27(19)20-9-7-15(2)21-17(20)4-3-5-18(21)22(30)28(13-29)31-32-23(24,25)26/h3-13H,1-2H3. The van der Waals surface area contributed by atoms with Crippen molar-refractivity contribution < 1.29 is 27.0 Å². The van der Waals surface area contributed by atoms with E-state index in [1.165, 1.54) is 6.07 Å². The normalized spacial score (nSPS) is 11.8. The van der Waals surface area contributed by atoms with Crippen molar-refractivity contribution >= 4 is 46.0 Å². The van der Waals surface area contributed by atoms with E-state index in [0.717, 1.165) is 27.7 Å². The molecule has 164 valence electrons. The fourth-order valence-corrected chi connectivity index (χ4v) is 4.00. The van der Waals surface area contributed by atoms with Crippen molar-refractivity contribution in [2.45, 2.75) is 19.4 Å². The zero-order valence-electron chi connectivity index (χ0n) is 17.0. The van der Waals surface area contributed by atoms with Crippen LogP contribution in [0.1, 0.15) is 21.5 Å². The van der Waals surface area contributed by atoms with Gasteiger partial charge >= 0.3 is 5.51 Å². The second-order valence-corrected chi connectivity index (χ2v) is 8.00. The molecule has 0 saturated carbocycles. The summed E-state index contributed by atoms with van der Waals surface area (Å²) < 4.78 is 43.8. The summed E-state index contributed by atoms with van der Waals surface area (Å²) in [5, 5.41) is 2.34. The fraction of sp³-hybridized carbons (Fsp3) is 0.130. The number of carbonyl (C=O) groups excluding carboxylic acids is 2. The summed E-state index contributed by atoms with van der Waals surface area (Å²) in [7, 11) is 0. The maximum Gasteiger partial charge on any atom is 0.470 e. The summed E-state index contributed by atoms with van der Waals surface area (Å²) in [5.41, 5.74) is -1.09. The Labute approximate surface area is 185 Å². The number of fused-ring (bicyclic) bond motifs is 2. The highest BCUT2D eigenvalue weighted by Crippen LogP contribution is 2.34. The number of imide groups is 1. The number of alkyl halides is 3. The van der Waals surface area contributed by atoms with Crippen molar-refractivity contribution in [3.8, 4) is 5.69 Å². The van der Waals surface area contributed by atoms with Gasteiger partial charge in [0.15, 0.2) is 0 Å². The van der Waals surface area contributed by atoms with E-state index in [4.69, 9.17) is 0 Å². The van der Waals surface area contributed by atoms with Crippen LogP contribution in [0.5, 0.6) is 0 Å². The summed E-state index contributed by atoms with van der Waals surface area (Å²) in [5.74, 6) is -0.990. The van der Waals surface area contributed by atoms with Gasteiger partial charge in [0, 0.05) is 17.0 Å². The SMILES string of the molecule is Cc1ccc2c(ccn2-c2ccc(C)c3c(C(=O)N(C=O)OSC(F)(F)F)cccc23)c1. The first-order valence-electron chi connectivity index (χ1n) is 9.51. The molecule has 0 aliphatic carbocycles. The van der Waals surface area contributed by atoms with Crippen LogP contribution < -0.4 is 0 Å². The molecule has 0 spiro atoms. The van der Waals surface area contributed by atoms with Gasteiger partial charge in [-0.25, -0.2) is 0 Å². The van der Waals surface area contributed by atoms with Crippen molar-refractivity contribution in [1.82, 2.24) is 9.63 Å². The van der Waals surface area contributed by atoms with E-state index >= 15 is 0 Å². The minimum absolute atomic E-state index is 0.0485. The third-order valence-electron chi connectivity index (χ3n) is 5.07. The molecule has 0 radical (unpaired) electrons. The fourth-order valence-electron chi connectivity index (χ4n) is 3.73. The quantitative estimate of drug-likeness (QED) is 0.206. The maximum absolute atomic E-state index is 12.9. The molecular weight excluding hydrogens is 441 g/mol. The van der Waals surface area contributed by atoms with Crippen molar-refractivity contribution in [3.63, 3.8) is 0 Å². The van der Waals surface area contributed by atoms with Crippen LogP contribution in [0.15, 0.2) is 60.8 Å². The molecule has 9 heteroatoms. The average Bonchev–Trinajstić information content (AvgIpc) is 3.16. The van der Waals surface area contributed by atoms with Gasteiger partial charge in [-0.3, -0.25) is 9.59 Å². The summed E-state index contributed by atoms with van der Waals surface area (Å²) in [4.78, 5) is 24.2. The number of amides is 2. The zero-order valence-corrected chi connectivity index (χ0v) is 17.8. The Bertz CT molecular complexity index is 1350. The van der Waals surface area contributed by atoms with Crippen molar-refractivity contribution in [2.75, 3.05) is 0 Å². The van der Waals surface area contributed by atoms with Crippen LogP contribution in [-0.4, -0.2) is 27.5 Å².